The van der Waals surface area contributed by atoms with Gasteiger partial charge in [-0.25, -0.2) is 4.39 Å². The highest BCUT2D eigenvalue weighted by atomic mass is 19.1. The van der Waals surface area contributed by atoms with Gasteiger partial charge in [0.05, 0.1) is 18.9 Å². The lowest BCUT2D eigenvalue weighted by Gasteiger charge is -2.12. The van der Waals surface area contributed by atoms with Crippen molar-refractivity contribution >= 4 is 5.69 Å². The third-order valence-corrected chi connectivity index (χ3v) is 1.75. The number of rotatable bonds is 4. The zero-order valence-electron chi connectivity index (χ0n) is 8.25. The molecular weight excluding hydrogens is 185 g/mol. The summed E-state index contributed by atoms with van der Waals surface area (Å²) in [5, 5.41) is 12.0. The molecule has 0 aliphatic rings. The summed E-state index contributed by atoms with van der Waals surface area (Å²) in [5.41, 5.74) is 0.676. The van der Waals surface area contributed by atoms with Crippen LogP contribution in [0.3, 0.4) is 0 Å². The molecule has 0 heterocycles. The van der Waals surface area contributed by atoms with Gasteiger partial charge < -0.3 is 15.2 Å². The Morgan fingerprint density at radius 1 is 1.57 bits per heavy atom. The molecule has 14 heavy (non-hydrogen) atoms. The van der Waals surface area contributed by atoms with E-state index in [1.165, 1.54) is 19.2 Å². The standard InChI is InChI=1S/C10H14FNO2/c1-7(13)6-12-9-4-3-8(11)5-10(9)14-2/h3-5,7,12-13H,6H2,1-2H3/t7-/m0/s1. The van der Waals surface area contributed by atoms with Gasteiger partial charge in [-0.1, -0.05) is 0 Å². The Balaban J connectivity index is 2.75. The van der Waals surface area contributed by atoms with E-state index in [0.29, 0.717) is 18.0 Å². The third-order valence-electron chi connectivity index (χ3n) is 1.75. The van der Waals surface area contributed by atoms with Crippen molar-refractivity contribution in [3.63, 3.8) is 0 Å². The smallest absolute Gasteiger partial charge is 0.144 e. The molecule has 3 nitrogen and oxygen atoms in total. The van der Waals surface area contributed by atoms with Crippen LogP contribution in [0.5, 0.6) is 5.75 Å². The lowest BCUT2D eigenvalue weighted by Crippen LogP contribution is -2.15. The van der Waals surface area contributed by atoms with Crippen LogP contribution in [0.1, 0.15) is 6.92 Å². The van der Waals surface area contributed by atoms with Crippen molar-refractivity contribution in [2.24, 2.45) is 0 Å². The molecule has 1 aromatic rings. The van der Waals surface area contributed by atoms with Gasteiger partial charge in [-0.05, 0) is 19.1 Å². The van der Waals surface area contributed by atoms with E-state index in [1.54, 1.807) is 13.0 Å². The zero-order chi connectivity index (χ0) is 10.6. The molecule has 0 saturated heterocycles. The van der Waals surface area contributed by atoms with Crippen LogP contribution in [0.4, 0.5) is 10.1 Å². The lowest BCUT2D eigenvalue weighted by molar-refractivity contribution is 0.208. The van der Waals surface area contributed by atoms with Crippen LogP contribution >= 0.6 is 0 Å². The van der Waals surface area contributed by atoms with E-state index in [9.17, 15) is 4.39 Å². The fourth-order valence-corrected chi connectivity index (χ4v) is 1.07. The summed E-state index contributed by atoms with van der Waals surface area (Å²) in [6.45, 7) is 2.07. The summed E-state index contributed by atoms with van der Waals surface area (Å²) < 4.78 is 17.8. The average Bonchev–Trinajstić information content (AvgIpc) is 2.15. The van der Waals surface area contributed by atoms with Crippen molar-refractivity contribution in [2.75, 3.05) is 19.0 Å². The first-order valence-electron chi connectivity index (χ1n) is 4.39. The van der Waals surface area contributed by atoms with E-state index >= 15 is 0 Å². The summed E-state index contributed by atoms with van der Waals surface area (Å²) in [7, 11) is 1.47. The van der Waals surface area contributed by atoms with Crippen molar-refractivity contribution in [3.05, 3.63) is 24.0 Å². The summed E-state index contributed by atoms with van der Waals surface area (Å²) in [4.78, 5) is 0. The number of hydrogen-bond donors (Lipinski definition) is 2. The molecule has 1 rings (SSSR count). The van der Waals surface area contributed by atoms with Gasteiger partial charge in [0.15, 0.2) is 0 Å². The zero-order valence-corrected chi connectivity index (χ0v) is 8.25. The van der Waals surface area contributed by atoms with Crippen molar-refractivity contribution in [2.45, 2.75) is 13.0 Å². The second-order valence-electron chi connectivity index (χ2n) is 3.07. The molecule has 2 N–H and O–H groups in total. The Hall–Kier alpha value is -1.29. The Morgan fingerprint density at radius 3 is 2.86 bits per heavy atom. The molecular formula is C10H14FNO2. The van der Waals surface area contributed by atoms with E-state index in [0.717, 1.165) is 0 Å². The number of hydrogen-bond acceptors (Lipinski definition) is 3. The number of aliphatic hydroxyl groups is 1. The number of anilines is 1. The van der Waals surface area contributed by atoms with Crippen LogP contribution in [0.25, 0.3) is 0 Å². The highest BCUT2D eigenvalue weighted by Gasteiger charge is 2.04. The van der Waals surface area contributed by atoms with Crippen molar-refractivity contribution in [3.8, 4) is 5.75 Å². The van der Waals surface area contributed by atoms with Crippen LogP contribution in [0.2, 0.25) is 0 Å². The van der Waals surface area contributed by atoms with Gasteiger partial charge in [0.1, 0.15) is 11.6 Å². The molecule has 0 aromatic heterocycles. The molecule has 1 atom stereocenters. The monoisotopic (exact) mass is 199 g/mol. The van der Waals surface area contributed by atoms with Crippen LogP contribution in [0.15, 0.2) is 18.2 Å². The molecule has 0 saturated carbocycles. The third kappa shape index (κ3) is 2.88. The normalized spacial score (nSPS) is 12.3. The first-order valence-corrected chi connectivity index (χ1v) is 4.39. The fourth-order valence-electron chi connectivity index (χ4n) is 1.07. The predicted octanol–water partition coefficient (Wildman–Crippen LogP) is 1.63. The number of methoxy groups -OCH3 is 1. The molecule has 0 spiro atoms. The Labute approximate surface area is 82.5 Å². The van der Waals surface area contributed by atoms with E-state index in [2.05, 4.69) is 5.32 Å². The van der Waals surface area contributed by atoms with Crippen LogP contribution in [0, 0.1) is 5.82 Å². The van der Waals surface area contributed by atoms with Gasteiger partial charge in [0.25, 0.3) is 0 Å². The van der Waals surface area contributed by atoms with Crippen LogP contribution in [-0.2, 0) is 0 Å². The second-order valence-corrected chi connectivity index (χ2v) is 3.07. The predicted molar refractivity (Wildman–Crippen MR) is 53.1 cm³/mol. The maximum Gasteiger partial charge on any atom is 0.144 e. The van der Waals surface area contributed by atoms with E-state index < -0.39 is 6.10 Å². The highest BCUT2D eigenvalue weighted by Crippen LogP contribution is 2.24. The average molecular weight is 199 g/mol. The van der Waals surface area contributed by atoms with Crippen LogP contribution in [-0.4, -0.2) is 24.9 Å². The van der Waals surface area contributed by atoms with E-state index in [-0.39, 0.29) is 5.82 Å². The molecule has 1 aromatic carbocycles. The maximum atomic E-state index is 12.8. The Bertz CT molecular complexity index is 302. The van der Waals surface area contributed by atoms with Gasteiger partial charge >= 0.3 is 0 Å². The van der Waals surface area contributed by atoms with E-state index in [1.807, 2.05) is 0 Å². The minimum absolute atomic E-state index is 0.343. The SMILES string of the molecule is COc1cc(F)ccc1NC[C@H](C)O. The van der Waals surface area contributed by atoms with Gasteiger partial charge in [-0.2, -0.15) is 0 Å². The fraction of sp³-hybridized carbons (Fsp3) is 0.400. The number of ether oxygens (including phenoxy) is 1. The molecule has 0 radical (unpaired) electrons. The number of halogens is 1. The number of nitrogens with one attached hydrogen (secondary N) is 1. The molecule has 0 unspecified atom stereocenters. The topological polar surface area (TPSA) is 41.5 Å². The van der Waals surface area contributed by atoms with Crippen molar-refractivity contribution in [1.82, 2.24) is 0 Å². The molecule has 0 bridgehead atoms. The first kappa shape index (κ1) is 10.8. The van der Waals surface area contributed by atoms with Crippen LogP contribution < -0.4 is 10.1 Å². The number of benzene rings is 1. The summed E-state index contributed by atoms with van der Waals surface area (Å²) in [5.74, 6) is 0.0927. The summed E-state index contributed by atoms with van der Waals surface area (Å²) >= 11 is 0. The van der Waals surface area contributed by atoms with Gasteiger partial charge in [-0.3, -0.25) is 0 Å². The van der Waals surface area contributed by atoms with E-state index in [4.69, 9.17) is 9.84 Å². The molecule has 0 aliphatic heterocycles. The molecule has 0 fully saturated rings. The molecule has 78 valence electrons. The second kappa shape index (κ2) is 4.81. The van der Waals surface area contributed by atoms with Gasteiger partial charge in [0, 0.05) is 12.6 Å². The Kier molecular flexibility index (Phi) is 3.71. The number of aliphatic hydroxyl groups excluding tert-OH is 1. The summed E-state index contributed by atoms with van der Waals surface area (Å²) in [6, 6.07) is 4.22. The molecule has 4 heteroatoms. The minimum Gasteiger partial charge on any atom is -0.494 e. The largest absolute Gasteiger partial charge is 0.494 e. The van der Waals surface area contributed by atoms with Gasteiger partial charge in [0.2, 0.25) is 0 Å². The lowest BCUT2D eigenvalue weighted by atomic mass is 10.2. The highest BCUT2D eigenvalue weighted by molar-refractivity contribution is 5.56. The summed E-state index contributed by atoms with van der Waals surface area (Å²) in [6.07, 6.45) is -0.454. The maximum absolute atomic E-state index is 12.8. The Morgan fingerprint density at radius 2 is 2.29 bits per heavy atom. The minimum atomic E-state index is -0.454. The van der Waals surface area contributed by atoms with Crippen molar-refractivity contribution < 1.29 is 14.2 Å². The van der Waals surface area contributed by atoms with Crippen molar-refractivity contribution in [1.29, 1.82) is 0 Å². The molecule has 0 amide bonds. The molecule has 0 aliphatic carbocycles. The first-order chi connectivity index (χ1) is 6.63. The van der Waals surface area contributed by atoms with Gasteiger partial charge in [-0.15, -0.1) is 0 Å². The quantitative estimate of drug-likeness (QED) is 0.774.